The Morgan fingerprint density at radius 1 is 1.45 bits per heavy atom. The van der Waals surface area contributed by atoms with Crippen LogP contribution in [0.5, 0.6) is 0 Å². The van der Waals surface area contributed by atoms with Crippen LogP contribution in [0, 0.1) is 11.6 Å². The van der Waals surface area contributed by atoms with Crippen molar-refractivity contribution in [1.29, 1.82) is 0 Å². The van der Waals surface area contributed by atoms with E-state index in [1.807, 2.05) is 6.92 Å². The normalized spacial score (nSPS) is 13.8. The van der Waals surface area contributed by atoms with E-state index in [1.54, 1.807) is 0 Å². The number of halogens is 2. The molecule has 0 radical (unpaired) electrons. The Kier molecular flexibility index (Phi) is 6.54. The van der Waals surface area contributed by atoms with Gasteiger partial charge in [0.2, 0.25) is 0 Å². The van der Waals surface area contributed by atoms with Gasteiger partial charge in [0.25, 0.3) is 0 Å². The van der Waals surface area contributed by atoms with E-state index < -0.39 is 29.7 Å². The Morgan fingerprint density at radius 3 is 2.75 bits per heavy atom. The van der Waals surface area contributed by atoms with Crippen molar-refractivity contribution in [3.8, 4) is 0 Å². The number of benzene rings is 1. The zero-order chi connectivity index (χ0) is 15.1. The van der Waals surface area contributed by atoms with Crippen LogP contribution in [0.25, 0.3) is 0 Å². The SMILES string of the molecule is CCCNC(CC(=O)OC)C(O)c1cc(F)ccc1F. The molecule has 1 aromatic rings. The van der Waals surface area contributed by atoms with E-state index in [2.05, 4.69) is 10.1 Å². The van der Waals surface area contributed by atoms with E-state index in [0.29, 0.717) is 6.54 Å². The molecule has 2 N–H and O–H groups in total. The molecule has 0 amide bonds. The standard InChI is InChI=1S/C14H19F2NO3/c1-3-6-17-12(8-13(18)20-2)14(19)10-7-9(15)4-5-11(10)16/h4-5,7,12,14,17,19H,3,6,8H2,1-2H3. The molecule has 112 valence electrons. The molecule has 6 heteroatoms. The molecule has 2 unspecified atom stereocenters. The van der Waals surface area contributed by atoms with Crippen LogP contribution in [0.4, 0.5) is 8.78 Å². The molecule has 0 saturated heterocycles. The van der Waals surface area contributed by atoms with E-state index in [1.165, 1.54) is 7.11 Å². The van der Waals surface area contributed by atoms with Gasteiger partial charge >= 0.3 is 5.97 Å². The molecule has 0 aliphatic carbocycles. The lowest BCUT2D eigenvalue weighted by atomic mass is 9.99. The van der Waals surface area contributed by atoms with Crippen molar-refractivity contribution in [2.45, 2.75) is 31.9 Å². The Morgan fingerprint density at radius 2 is 2.15 bits per heavy atom. The maximum Gasteiger partial charge on any atom is 0.307 e. The smallest absolute Gasteiger partial charge is 0.307 e. The largest absolute Gasteiger partial charge is 0.469 e. The predicted octanol–water partition coefficient (Wildman–Crippen LogP) is 1.93. The summed E-state index contributed by atoms with van der Waals surface area (Å²) in [6.45, 7) is 2.45. The van der Waals surface area contributed by atoms with E-state index in [-0.39, 0.29) is 12.0 Å². The minimum Gasteiger partial charge on any atom is -0.469 e. The van der Waals surface area contributed by atoms with Crippen molar-refractivity contribution >= 4 is 5.97 Å². The third-order valence-electron chi connectivity index (χ3n) is 2.93. The van der Waals surface area contributed by atoms with Gasteiger partial charge in [-0.05, 0) is 31.2 Å². The number of aliphatic hydroxyl groups excluding tert-OH is 1. The second-order valence-corrected chi connectivity index (χ2v) is 4.45. The lowest BCUT2D eigenvalue weighted by molar-refractivity contribution is -0.142. The van der Waals surface area contributed by atoms with Crippen LogP contribution >= 0.6 is 0 Å². The lowest BCUT2D eigenvalue weighted by Gasteiger charge is -2.24. The first kappa shape index (κ1) is 16.5. The molecule has 0 spiro atoms. The highest BCUT2D eigenvalue weighted by Crippen LogP contribution is 2.23. The summed E-state index contributed by atoms with van der Waals surface area (Å²) in [5.41, 5.74) is -0.178. The number of carbonyl (C=O) groups is 1. The van der Waals surface area contributed by atoms with E-state index in [0.717, 1.165) is 24.6 Å². The Bertz CT molecular complexity index is 454. The molecule has 20 heavy (non-hydrogen) atoms. The first-order valence-corrected chi connectivity index (χ1v) is 6.42. The van der Waals surface area contributed by atoms with Crippen molar-refractivity contribution in [2.75, 3.05) is 13.7 Å². The average molecular weight is 287 g/mol. The van der Waals surface area contributed by atoms with E-state index in [9.17, 15) is 18.7 Å². The van der Waals surface area contributed by atoms with Crippen molar-refractivity contribution in [2.24, 2.45) is 0 Å². The molecule has 0 aliphatic heterocycles. The summed E-state index contributed by atoms with van der Waals surface area (Å²) < 4.78 is 31.4. The first-order chi connectivity index (χ1) is 9.49. The minimum absolute atomic E-state index is 0.131. The summed E-state index contributed by atoms with van der Waals surface area (Å²) in [4.78, 5) is 11.3. The van der Waals surface area contributed by atoms with Crippen molar-refractivity contribution in [3.63, 3.8) is 0 Å². The number of hydrogen-bond donors (Lipinski definition) is 2. The highest BCUT2D eigenvalue weighted by molar-refractivity contribution is 5.70. The molecule has 1 rings (SSSR count). The number of methoxy groups -OCH3 is 1. The summed E-state index contributed by atoms with van der Waals surface area (Å²) >= 11 is 0. The van der Waals surface area contributed by atoms with Crippen LogP contribution in [0.15, 0.2) is 18.2 Å². The summed E-state index contributed by atoms with van der Waals surface area (Å²) in [6, 6.07) is 2.11. The number of ether oxygens (including phenoxy) is 1. The average Bonchev–Trinajstić information content (AvgIpc) is 2.44. The summed E-state index contributed by atoms with van der Waals surface area (Å²) in [7, 11) is 1.23. The van der Waals surface area contributed by atoms with Gasteiger partial charge in [-0.15, -0.1) is 0 Å². The summed E-state index contributed by atoms with van der Waals surface area (Å²) in [5, 5.41) is 13.1. The molecule has 4 nitrogen and oxygen atoms in total. The van der Waals surface area contributed by atoms with Gasteiger partial charge in [0.05, 0.1) is 19.6 Å². The van der Waals surface area contributed by atoms with Crippen LogP contribution in [-0.4, -0.2) is 30.8 Å². The zero-order valence-electron chi connectivity index (χ0n) is 11.5. The molecule has 0 fully saturated rings. The number of rotatable bonds is 7. The highest BCUT2D eigenvalue weighted by Gasteiger charge is 2.26. The Hall–Kier alpha value is -1.53. The number of nitrogens with one attached hydrogen (secondary N) is 1. The van der Waals surface area contributed by atoms with Crippen LogP contribution in [-0.2, 0) is 9.53 Å². The molecule has 2 atom stereocenters. The van der Waals surface area contributed by atoms with Crippen LogP contribution in [0.1, 0.15) is 31.4 Å². The number of hydrogen-bond acceptors (Lipinski definition) is 4. The fourth-order valence-corrected chi connectivity index (χ4v) is 1.85. The van der Waals surface area contributed by atoms with Gasteiger partial charge in [0.15, 0.2) is 0 Å². The molecule has 0 aliphatic rings. The maximum atomic E-state index is 13.7. The van der Waals surface area contributed by atoms with Gasteiger partial charge in [0.1, 0.15) is 11.6 Å². The summed E-state index contributed by atoms with van der Waals surface area (Å²) in [5.74, 6) is -1.89. The molecule has 0 aromatic heterocycles. The highest BCUT2D eigenvalue weighted by atomic mass is 19.1. The predicted molar refractivity (Wildman–Crippen MR) is 70.0 cm³/mol. The third-order valence-corrected chi connectivity index (χ3v) is 2.93. The Labute approximate surface area is 116 Å². The quantitative estimate of drug-likeness (QED) is 0.752. The Balaban J connectivity index is 2.92. The van der Waals surface area contributed by atoms with E-state index >= 15 is 0 Å². The number of aliphatic hydroxyl groups is 1. The molecule has 0 saturated carbocycles. The monoisotopic (exact) mass is 287 g/mol. The van der Waals surface area contributed by atoms with E-state index in [4.69, 9.17) is 0 Å². The van der Waals surface area contributed by atoms with Gasteiger partial charge in [-0.25, -0.2) is 8.78 Å². The number of esters is 1. The molecular formula is C14H19F2NO3. The zero-order valence-corrected chi connectivity index (χ0v) is 11.5. The molecule has 0 heterocycles. The second-order valence-electron chi connectivity index (χ2n) is 4.45. The van der Waals surface area contributed by atoms with Gasteiger partial charge in [0, 0.05) is 11.6 Å². The van der Waals surface area contributed by atoms with Crippen LogP contribution in [0.2, 0.25) is 0 Å². The number of carbonyl (C=O) groups excluding carboxylic acids is 1. The molecular weight excluding hydrogens is 268 g/mol. The second kappa shape index (κ2) is 7.91. The maximum absolute atomic E-state index is 13.7. The first-order valence-electron chi connectivity index (χ1n) is 6.42. The fraction of sp³-hybridized carbons (Fsp3) is 0.500. The minimum atomic E-state index is -1.34. The lowest BCUT2D eigenvalue weighted by Crippen LogP contribution is -2.38. The topological polar surface area (TPSA) is 58.6 Å². The van der Waals surface area contributed by atoms with Crippen molar-refractivity contribution in [1.82, 2.24) is 5.32 Å². The van der Waals surface area contributed by atoms with Crippen LogP contribution < -0.4 is 5.32 Å². The van der Waals surface area contributed by atoms with Crippen molar-refractivity contribution < 1.29 is 23.4 Å². The van der Waals surface area contributed by atoms with Gasteiger partial charge in [-0.1, -0.05) is 6.92 Å². The van der Waals surface area contributed by atoms with Gasteiger partial charge in [-0.3, -0.25) is 4.79 Å². The van der Waals surface area contributed by atoms with Gasteiger partial charge < -0.3 is 15.2 Å². The fourth-order valence-electron chi connectivity index (χ4n) is 1.85. The van der Waals surface area contributed by atoms with Crippen LogP contribution in [0.3, 0.4) is 0 Å². The van der Waals surface area contributed by atoms with Crippen molar-refractivity contribution in [3.05, 3.63) is 35.4 Å². The summed E-state index contributed by atoms with van der Waals surface area (Å²) in [6.07, 6.45) is -0.694. The third kappa shape index (κ3) is 4.54. The van der Waals surface area contributed by atoms with Gasteiger partial charge in [-0.2, -0.15) is 0 Å². The molecule has 1 aromatic carbocycles. The molecule has 0 bridgehead atoms.